The quantitative estimate of drug-likeness (QED) is 0.665. The van der Waals surface area contributed by atoms with Crippen LogP contribution < -0.4 is 0 Å². The van der Waals surface area contributed by atoms with Gasteiger partial charge in [0, 0.05) is 0 Å². The molecule has 0 aliphatic carbocycles. The lowest BCUT2D eigenvalue weighted by Crippen LogP contribution is -1.58. The summed E-state index contributed by atoms with van der Waals surface area (Å²) in [5.41, 5.74) is 0. The van der Waals surface area contributed by atoms with Crippen molar-refractivity contribution in [3.8, 4) is 5.75 Å². The van der Waals surface area contributed by atoms with Crippen LogP contribution in [0, 0.1) is 0 Å². The maximum atomic E-state index is 8.63. The molecule has 2 heteroatoms. The number of thioether (sulfide) groups is 1. The molecule has 0 radical (unpaired) electrons. The molecule has 12 heavy (non-hydrogen) atoms. The summed E-state index contributed by atoms with van der Waals surface area (Å²) < 4.78 is 0. The van der Waals surface area contributed by atoms with Crippen molar-refractivity contribution in [2.45, 2.75) is 12.8 Å². The lowest BCUT2D eigenvalue weighted by Gasteiger charge is -1.82. The molecule has 66 valence electrons. The molecule has 0 aromatic heterocycles. The number of aromatic hydroxyl groups is 1. The first-order valence-corrected chi connectivity index (χ1v) is 5.37. The highest BCUT2D eigenvalue weighted by atomic mass is 32.2. The summed E-state index contributed by atoms with van der Waals surface area (Å²) >= 11 is 2.07. The Kier molecular flexibility index (Phi) is 4.69. The lowest BCUT2D eigenvalue weighted by molar-refractivity contribution is 0.475. The van der Waals surface area contributed by atoms with Crippen molar-refractivity contribution in [2.24, 2.45) is 0 Å². The van der Waals surface area contributed by atoms with Crippen LogP contribution in [0.15, 0.2) is 30.3 Å². The van der Waals surface area contributed by atoms with Crippen molar-refractivity contribution >= 4 is 11.8 Å². The smallest absolute Gasteiger partial charge is 0.115 e. The van der Waals surface area contributed by atoms with Crippen LogP contribution in [0.1, 0.15) is 12.8 Å². The van der Waals surface area contributed by atoms with Gasteiger partial charge in [-0.05, 0) is 36.5 Å². The predicted molar refractivity (Wildman–Crippen MR) is 54.7 cm³/mol. The zero-order valence-electron chi connectivity index (χ0n) is 7.07. The van der Waals surface area contributed by atoms with E-state index in [9.17, 15) is 0 Å². The molecule has 1 aromatic rings. The Morgan fingerprint density at radius 1 is 1.00 bits per heavy atom. The fourth-order valence-corrected chi connectivity index (χ4v) is 1.96. The summed E-state index contributed by atoms with van der Waals surface area (Å²) in [4.78, 5) is 0. The Balaban J connectivity index is 0.000000127. The minimum atomic E-state index is 0.322. The van der Waals surface area contributed by atoms with Gasteiger partial charge < -0.3 is 5.11 Å². The van der Waals surface area contributed by atoms with E-state index >= 15 is 0 Å². The molecule has 0 atom stereocenters. The fourth-order valence-electron chi connectivity index (χ4n) is 0.938. The highest BCUT2D eigenvalue weighted by molar-refractivity contribution is 7.99. The van der Waals surface area contributed by atoms with Crippen molar-refractivity contribution in [1.29, 1.82) is 0 Å². The number of benzene rings is 1. The van der Waals surface area contributed by atoms with E-state index in [1.807, 2.05) is 6.07 Å². The van der Waals surface area contributed by atoms with Crippen molar-refractivity contribution in [1.82, 2.24) is 0 Å². The number of para-hydroxylation sites is 1. The zero-order valence-corrected chi connectivity index (χ0v) is 7.89. The van der Waals surface area contributed by atoms with Gasteiger partial charge in [-0.1, -0.05) is 18.2 Å². The van der Waals surface area contributed by atoms with Gasteiger partial charge in [-0.3, -0.25) is 0 Å². The van der Waals surface area contributed by atoms with Gasteiger partial charge in [0.1, 0.15) is 5.75 Å². The third kappa shape index (κ3) is 4.29. The van der Waals surface area contributed by atoms with Crippen LogP contribution in [0.25, 0.3) is 0 Å². The van der Waals surface area contributed by atoms with Crippen LogP contribution >= 0.6 is 11.8 Å². The molecule has 1 N–H and O–H groups in total. The number of phenolic OH excluding ortho intramolecular Hbond substituents is 1. The topological polar surface area (TPSA) is 20.2 Å². The van der Waals surface area contributed by atoms with E-state index in [1.165, 1.54) is 24.3 Å². The van der Waals surface area contributed by atoms with Gasteiger partial charge in [0.25, 0.3) is 0 Å². The van der Waals surface area contributed by atoms with E-state index in [0.29, 0.717) is 5.75 Å². The first kappa shape index (κ1) is 9.46. The second-order valence-corrected chi connectivity index (χ2v) is 3.88. The first-order valence-electron chi connectivity index (χ1n) is 4.21. The molecular formula is C10H14OS. The Hall–Kier alpha value is -0.630. The van der Waals surface area contributed by atoms with Gasteiger partial charge in [-0.15, -0.1) is 0 Å². The van der Waals surface area contributed by atoms with Crippen molar-refractivity contribution in [2.75, 3.05) is 11.5 Å². The molecule has 0 bridgehead atoms. The Bertz CT molecular complexity index is 187. The van der Waals surface area contributed by atoms with E-state index in [-0.39, 0.29) is 0 Å². The van der Waals surface area contributed by atoms with Crippen LogP contribution in [0.5, 0.6) is 5.75 Å². The van der Waals surface area contributed by atoms with Crippen LogP contribution in [-0.2, 0) is 0 Å². The number of hydrogen-bond donors (Lipinski definition) is 1. The van der Waals surface area contributed by atoms with E-state index in [4.69, 9.17) is 5.11 Å². The maximum absolute atomic E-state index is 8.63. The molecule has 1 aromatic carbocycles. The molecule has 0 spiro atoms. The third-order valence-corrected chi connectivity index (χ3v) is 2.74. The molecule has 1 heterocycles. The van der Waals surface area contributed by atoms with E-state index in [0.717, 1.165) is 0 Å². The number of rotatable bonds is 0. The summed E-state index contributed by atoms with van der Waals surface area (Å²) in [6, 6.07) is 8.71. The maximum Gasteiger partial charge on any atom is 0.115 e. The molecule has 1 fully saturated rings. The highest BCUT2D eigenvalue weighted by Gasteiger charge is 1.95. The second kappa shape index (κ2) is 5.95. The lowest BCUT2D eigenvalue weighted by atomic mass is 10.3. The Labute approximate surface area is 77.8 Å². The predicted octanol–water partition coefficient (Wildman–Crippen LogP) is 2.91. The SMILES string of the molecule is C1CCSC1.Oc1ccccc1. The van der Waals surface area contributed by atoms with E-state index in [2.05, 4.69) is 11.8 Å². The van der Waals surface area contributed by atoms with Crippen LogP contribution in [-0.4, -0.2) is 16.6 Å². The van der Waals surface area contributed by atoms with Gasteiger partial charge in [-0.2, -0.15) is 11.8 Å². The van der Waals surface area contributed by atoms with Gasteiger partial charge in [0.15, 0.2) is 0 Å². The molecule has 1 saturated heterocycles. The summed E-state index contributed by atoms with van der Waals surface area (Å²) in [5, 5.41) is 8.63. The number of phenols is 1. The first-order chi connectivity index (χ1) is 5.89. The van der Waals surface area contributed by atoms with Gasteiger partial charge in [0.05, 0.1) is 0 Å². The monoisotopic (exact) mass is 182 g/mol. The summed E-state index contributed by atoms with van der Waals surface area (Å²) in [6.45, 7) is 0. The second-order valence-electron chi connectivity index (χ2n) is 2.66. The highest BCUT2D eigenvalue weighted by Crippen LogP contribution is 2.14. The Morgan fingerprint density at radius 2 is 1.58 bits per heavy atom. The van der Waals surface area contributed by atoms with Crippen molar-refractivity contribution in [3.63, 3.8) is 0 Å². The van der Waals surface area contributed by atoms with Gasteiger partial charge in [-0.25, -0.2) is 0 Å². The normalized spacial score (nSPS) is 15.0. The van der Waals surface area contributed by atoms with Crippen LogP contribution in [0.4, 0.5) is 0 Å². The third-order valence-electron chi connectivity index (χ3n) is 1.58. The van der Waals surface area contributed by atoms with Crippen molar-refractivity contribution in [3.05, 3.63) is 30.3 Å². The molecule has 0 unspecified atom stereocenters. The largest absolute Gasteiger partial charge is 0.508 e. The average molecular weight is 182 g/mol. The summed E-state index contributed by atoms with van der Waals surface area (Å²) in [7, 11) is 0. The summed E-state index contributed by atoms with van der Waals surface area (Å²) in [6.07, 6.45) is 2.93. The summed E-state index contributed by atoms with van der Waals surface area (Å²) in [5.74, 6) is 3.16. The zero-order chi connectivity index (χ0) is 8.65. The molecular weight excluding hydrogens is 168 g/mol. The van der Waals surface area contributed by atoms with Crippen LogP contribution in [0.2, 0.25) is 0 Å². The number of hydrogen-bond acceptors (Lipinski definition) is 2. The van der Waals surface area contributed by atoms with E-state index in [1.54, 1.807) is 24.3 Å². The molecule has 1 aliphatic heterocycles. The molecule has 2 rings (SSSR count). The van der Waals surface area contributed by atoms with Gasteiger partial charge in [0.2, 0.25) is 0 Å². The van der Waals surface area contributed by atoms with Crippen LogP contribution in [0.3, 0.4) is 0 Å². The fraction of sp³-hybridized carbons (Fsp3) is 0.400. The van der Waals surface area contributed by atoms with Gasteiger partial charge >= 0.3 is 0 Å². The molecule has 1 aliphatic rings. The average Bonchev–Trinajstić information content (AvgIpc) is 2.62. The minimum absolute atomic E-state index is 0.322. The molecule has 0 saturated carbocycles. The Morgan fingerprint density at radius 3 is 1.83 bits per heavy atom. The van der Waals surface area contributed by atoms with E-state index < -0.39 is 0 Å². The molecule has 1 nitrogen and oxygen atoms in total. The minimum Gasteiger partial charge on any atom is -0.508 e. The van der Waals surface area contributed by atoms with Crippen molar-refractivity contribution < 1.29 is 5.11 Å². The molecule has 0 amide bonds. The standard InChI is InChI=1S/C6H6O.C4H8S/c7-6-4-2-1-3-5-6;1-2-4-5-3-1/h1-5,7H;1-4H2.